The van der Waals surface area contributed by atoms with E-state index in [-0.39, 0.29) is 24.0 Å². The van der Waals surface area contributed by atoms with E-state index in [4.69, 9.17) is 9.47 Å². The molecule has 0 unspecified atom stereocenters. The van der Waals surface area contributed by atoms with Crippen LogP contribution in [0.5, 0.6) is 11.5 Å². The third kappa shape index (κ3) is 2.67. The summed E-state index contributed by atoms with van der Waals surface area (Å²) in [5, 5.41) is 3.15. The van der Waals surface area contributed by atoms with Crippen molar-refractivity contribution < 1.29 is 14.3 Å². The second-order valence-corrected chi connectivity index (χ2v) is 6.46. The molecule has 2 atom stereocenters. The first-order valence-electron chi connectivity index (χ1n) is 8.52. The smallest absolute Gasteiger partial charge is 0.232 e. The van der Waals surface area contributed by atoms with E-state index in [1.165, 1.54) is 0 Å². The average molecular weight is 323 g/mol. The van der Waals surface area contributed by atoms with Crippen molar-refractivity contribution in [3.8, 4) is 11.5 Å². The summed E-state index contributed by atoms with van der Waals surface area (Å²) in [6.07, 6.45) is 2.18. The molecule has 4 nitrogen and oxygen atoms in total. The lowest BCUT2D eigenvalue weighted by molar-refractivity contribution is -0.123. The lowest BCUT2D eigenvalue weighted by Gasteiger charge is -2.29. The van der Waals surface area contributed by atoms with Crippen LogP contribution in [-0.4, -0.2) is 24.7 Å². The Morgan fingerprint density at radius 1 is 1.08 bits per heavy atom. The summed E-state index contributed by atoms with van der Waals surface area (Å²) in [6.45, 7) is 2.80. The van der Waals surface area contributed by atoms with Gasteiger partial charge in [0.2, 0.25) is 5.91 Å². The van der Waals surface area contributed by atoms with Gasteiger partial charge in [0.25, 0.3) is 0 Å². The van der Waals surface area contributed by atoms with Crippen LogP contribution in [-0.2, 0) is 9.53 Å². The number of para-hydroxylation sites is 2. The molecule has 0 aliphatic carbocycles. The quantitative estimate of drug-likeness (QED) is 0.939. The van der Waals surface area contributed by atoms with Crippen LogP contribution in [0.4, 0.5) is 0 Å². The highest BCUT2D eigenvalue weighted by molar-refractivity contribution is 5.89. The van der Waals surface area contributed by atoms with Gasteiger partial charge in [0.05, 0.1) is 18.1 Å². The Kier molecular flexibility index (Phi) is 3.98. The number of amides is 1. The van der Waals surface area contributed by atoms with E-state index in [2.05, 4.69) is 5.32 Å². The first kappa shape index (κ1) is 15.2. The van der Waals surface area contributed by atoms with Crippen LogP contribution in [0.1, 0.15) is 36.8 Å². The van der Waals surface area contributed by atoms with Crippen molar-refractivity contribution in [2.45, 2.75) is 37.8 Å². The van der Waals surface area contributed by atoms with Gasteiger partial charge in [0.15, 0.2) is 0 Å². The molecule has 0 aromatic heterocycles. The third-order valence-electron chi connectivity index (χ3n) is 4.83. The summed E-state index contributed by atoms with van der Waals surface area (Å²) in [4.78, 5) is 13.1. The first-order valence-corrected chi connectivity index (χ1v) is 8.52. The molecule has 1 amide bonds. The summed E-state index contributed by atoms with van der Waals surface area (Å²) < 4.78 is 11.7. The van der Waals surface area contributed by atoms with Crippen LogP contribution >= 0.6 is 0 Å². The average Bonchev–Trinajstić information content (AvgIpc) is 3.14. The zero-order chi connectivity index (χ0) is 16.5. The van der Waals surface area contributed by atoms with Gasteiger partial charge in [0, 0.05) is 17.7 Å². The SMILES string of the molecule is C[C@H](NC(=O)C1c2ccccc2Oc2ccccc21)[C@@H]1CCCO1. The van der Waals surface area contributed by atoms with E-state index in [1.54, 1.807) is 0 Å². The molecule has 124 valence electrons. The molecule has 0 saturated carbocycles. The molecule has 2 aliphatic rings. The summed E-state index contributed by atoms with van der Waals surface area (Å²) in [5.74, 6) is 1.15. The van der Waals surface area contributed by atoms with Crippen molar-refractivity contribution in [1.82, 2.24) is 5.32 Å². The minimum absolute atomic E-state index is 0.00111. The van der Waals surface area contributed by atoms with E-state index >= 15 is 0 Å². The number of benzene rings is 2. The molecule has 2 aromatic carbocycles. The monoisotopic (exact) mass is 323 g/mol. The molecule has 24 heavy (non-hydrogen) atoms. The second-order valence-electron chi connectivity index (χ2n) is 6.46. The predicted octanol–water partition coefficient (Wildman–Crippen LogP) is 3.61. The maximum Gasteiger partial charge on any atom is 0.232 e. The molecule has 0 bridgehead atoms. The molecular weight excluding hydrogens is 302 g/mol. The summed E-state index contributed by atoms with van der Waals surface area (Å²) in [5.41, 5.74) is 1.82. The number of fused-ring (bicyclic) bond motifs is 2. The van der Waals surface area contributed by atoms with E-state index in [0.717, 1.165) is 42.1 Å². The van der Waals surface area contributed by atoms with Crippen LogP contribution in [0, 0.1) is 0 Å². The summed E-state index contributed by atoms with van der Waals surface area (Å²) >= 11 is 0. The summed E-state index contributed by atoms with van der Waals surface area (Å²) in [7, 11) is 0. The van der Waals surface area contributed by atoms with Gasteiger partial charge in [-0.3, -0.25) is 4.79 Å². The topological polar surface area (TPSA) is 47.6 Å². The van der Waals surface area contributed by atoms with Gasteiger partial charge >= 0.3 is 0 Å². The number of hydrogen-bond donors (Lipinski definition) is 1. The lowest BCUT2D eigenvalue weighted by atomic mass is 9.87. The molecule has 2 aromatic rings. The molecule has 0 spiro atoms. The number of rotatable bonds is 3. The Labute approximate surface area is 141 Å². The van der Waals surface area contributed by atoms with Crippen LogP contribution in [0.25, 0.3) is 0 Å². The Bertz CT molecular complexity index is 707. The summed E-state index contributed by atoms with van der Waals surface area (Å²) in [6, 6.07) is 15.5. The molecule has 4 rings (SSSR count). The van der Waals surface area contributed by atoms with Gasteiger partial charge in [0.1, 0.15) is 11.5 Å². The normalized spacial score (nSPS) is 20.6. The van der Waals surface area contributed by atoms with E-state index < -0.39 is 0 Å². The fourth-order valence-electron chi connectivity index (χ4n) is 3.59. The van der Waals surface area contributed by atoms with Gasteiger partial charge in [-0.15, -0.1) is 0 Å². The van der Waals surface area contributed by atoms with Crippen LogP contribution < -0.4 is 10.1 Å². The van der Waals surface area contributed by atoms with Crippen molar-refractivity contribution in [3.63, 3.8) is 0 Å². The van der Waals surface area contributed by atoms with Crippen LogP contribution in [0.2, 0.25) is 0 Å². The van der Waals surface area contributed by atoms with Crippen LogP contribution in [0.3, 0.4) is 0 Å². The Morgan fingerprint density at radius 2 is 1.71 bits per heavy atom. The molecule has 2 aliphatic heterocycles. The van der Waals surface area contributed by atoms with Crippen molar-refractivity contribution in [2.75, 3.05) is 6.61 Å². The molecule has 2 heterocycles. The molecule has 1 N–H and O–H groups in total. The third-order valence-corrected chi connectivity index (χ3v) is 4.83. The highest BCUT2D eigenvalue weighted by atomic mass is 16.5. The molecule has 1 fully saturated rings. The van der Waals surface area contributed by atoms with Gasteiger partial charge in [-0.1, -0.05) is 36.4 Å². The fourth-order valence-corrected chi connectivity index (χ4v) is 3.59. The minimum atomic E-state index is -0.352. The number of ether oxygens (including phenoxy) is 2. The minimum Gasteiger partial charge on any atom is -0.457 e. The zero-order valence-electron chi connectivity index (χ0n) is 13.7. The fraction of sp³-hybridized carbons (Fsp3) is 0.350. The largest absolute Gasteiger partial charge is 0.457 e. The number of hydrogen-bond acceptors (Lipinski definition) is 3. The van der Waals surface area contributed by atoms with Crippen molar-refractivity contribution >= 4 is 5.91 Å². The first-order chi connectivity index (χ1) is 11.7. The van der Waals surface area contributed by atoms with Gasteiger partial charge in [-0.2, -0.15) is 0 Å². The van der Waals surface area contributed by atoms with Gasteiger partial charge in [-0.05, 0) is 31.9 Å². The zero-order valence-corrected chi connectivity index (χ0v) is 13.7. The Hall–Kier alpha value is -2.33. The molecular formula is C20H21NO3. The molecule has 0 radical (unpaired) electrons. The standard InChI is InChI=1S/C20H21NO3/c1-13(16-11-6-12-23-16)21-20(22)19-14-7-2-4-9-17(14)24-18-10-5-3-8-15(18)19/h2-5,7-10,13,16,19H,6,11-12H2,1H3,(H,21,22)/t13-,16-/m0/s1. The highest BCUT2D eigenvalue weighted by Crippen LogP contribution is 2.43. The Morgan fingerprint density at radius 3 is 2.29 bits per heavy atom. The Balaban J connectivity index is 1.65. The maximum atomic E-state index is 13.1. The van der Waals surface area contributed by atoms with Crippen molar-refractivity contribution in [1.29, 1.82) is 0 Å². The number of nitrogens with one attached hydrogen (secondary N) is 1. The second kappa shape index (κ2) is 6.29. The van der Waals surface area contributed by atoms with Crippen molar-refractivity contribution in [3.05, 3.63) is 59.7 Å². The molecule has 4 heteroatoms. The van der Waals surface area contributed by atoms with E-state index in [0.29, 0.717) is 0 Å². The van der Waals surface area contributed by atoms with Gasteiger partial charge in [-0.25, -0.2) is 0 Å². The molecule has 1 saturated heterocycles. The van der Waals surface area contributed by atoms with Crippen molar-refractivity contribution in [2.24, 2.45) is 0 Å². The van der Waals surface area contributed by atoms with E-state index in [1.807, 2.05) is 55.5 Å². The highest BCUT2D eigenvalue weighted by Gasteiger charge is 2.34. The lowest BCUT2D eigenvalue weighted by Crippen LogP contribution is -2.43. The number of carbonyl (C=O) groups is 1. The van der Waals surface area contributed by atoms with Gasteiger partial charge < -0.3 is 14.8 Å². The van der Waals surface area contributed by atoms with E-state index in [9.17, 15) is 4.79 Å². The number of carbonyl (C=O) groups excluding carboxylic acids is 1. The maximum absolute atomic E-state index is 13.1. The van der Waals surface area contributed by atoms with Crippen LogP contribution in [0.15, 0.2) is 48.5 Å². The predicted molar refractivity (Wildman–Crippen MR) is 91.4 cm³/mol.